The maximum absolute atomic E-state index is 2.55. The Hall–Kier alpha value is -5.18. The van der Waals surface area contributed by atoms with Gasteiger partial charge in [-0.25, -0.2) is 0 Å². The summed E-state index contributed by atoms with van der Waals surface area (Å²) in [5, 5.41) is 15.8. The predicted octanol–water partition coefficient (Wildman–Crippen LogP) is 11.8. The summed E-state index contributed by atoms with van der Waals surface area (Å²) in [6, 6.07) is 51.4. The zero-order valence-electron chi connectivity index (χ0n) is 22.6. The summed E-state index contributed by atoms with van der Waals surface area (Å²) in [5.41, 5.74) is 3.76. The first-order chi connectivity index (χ1) is 20.9. The third kappa shape index (κ3) is 2.77. The van der Waals surface area contributed by atoms with Gasteiger partial charge >= 0.3 is 0 Å². The maximum Gasteiger partial charge on any atom is 0.0641 e. The van der Waals surface area contributed by atoms with Gasteiger partial charge in [0.25, 0.3) is 0 Å². The fourth-order valence-corrected chi connectivity index (χ4v) is 8.84. The van der Waals surface area contributed by atoms with Gasteiger partial charge in [0.1, 0.15) is 0 Å². The number of thiophene rings is 1. The Morgan fingerprint density at radius 1 is 0.357 bits per heavy atom. The number of para-hydroxylation sites is 1. The quantitative estimate of drug-likeness (QED) is 0.179. The molecule has 0 spiro atoms. The molecule has 10 aromatic rings. The second-order valence-corrected chi connectivity index (χ2v) is 12.2. The standard InChI is InChI=1S/C40H23NS/c1-2-14-25-24(12-1)13-11-23-33(25)41-34-22-10-9-21-32(34)35-29-18-6-8-20-31(29)40-37(38(35)41)36-28-17-5-3-15-26(28)27-16-4-7-19-30(27)39(36)42-40/h1-23H. The van der Waals surface area contributed by atoms with E-state index < -0.39 is 0 Å². The van der Waals surface area contributed by atoms with Crippen LogP contribution in [0, 0.1) is 0 Å². The van der Waals surface area contributed by atoms with Gasteiger partial charge in [-0.15, -0.1) is 11.3 Å². The Kier molecular flexibility index (Phi) is 4.39. The zero-order valence-corrected chi connectivity index (χ0v) is 23.5. The van der Waals surface area contributed by atoms with Gasteiger partial charge in [-0.05, 0) is 39.1 Å². The maximum atomic E-state index is 2.55. The number of rotatable bonds is 1. The summed E-state index contributed by atoms with van der Waals surface area (Å²) in [5.74, 6) is 0. The fraction of sp³-hybridized carbons (Fsp3) is 0. The molecule has 0 radical (unpaired) electrons. The lowest BCUT2D eigenvalue weighted by Gasteiger charge is -2.14. The molecule has 8 aromatic carbocycles. The van der Waals surface area contributed by atoms with E-state index in [-0.39, 0.29) is 0 Å². The topological polar surface area (TPSA) is 4.93 Å². The number of nitrogens with zero attached hydrogens (tertiary/aromatic N) is 1. The van der Waals surface area contributed by atoms with Crippen LogP contribution in [-0.2, 0) is 0 Å². The summed E-state index contributed by atoms with van der Waals surface area (Å²) in [7, 11) is 0. The van der Waals surface area contributed by atoms with Crippen molar-refractivity contribution >= 4 is 96.4 Å². The highest BCUT2D eigenvalue weighted by atomic mass is 32.1. The van der Waals surface area contributed by atoms with Crippen LogP contribution in [0.2, 0.25) is 0 Å². The molecule has 0 fully saturated rings. The molecule has 1 nitrogen and oxygen atoms in total. The van der Waals surface area contributed by atoms with Crippen LogP contribution in [0.5, 0.6) is 0 Å². The summed E-state index contributed by atoms with van der Waals surface area (Å²) in [4.78, 5) is 0. The molecule has 194 valence electrons. The molecule has 0 aliphatic rings. The van der Waals surface area contributed by atoms with E-state index in [9.17, 15) is 0 Å². The van der Waals surface area contributed by atoms with Crippen LogP contribution in [0.25, 0.3) is 90.8 Å². The van der Waals surface area contributed by atoms with E-state index in [1.54, 1.807) is 0 Å². The molecule has 0 N–H and O–H groups in total. The van der Waals surface area contributed by atoms with Gasteiger partial charge in [0.15, 0.2) is 0 Å². The number of hydrogen-bond donors (Lipinski definition) is 0. The molecule has 0 aliphatic carbocycles. The Bertz CT molecular complexity index is 2740. The van der Waals surface area contributed by atoms with Crippen molar-refractivity contribution < 1.29 is 0 Å². The van der Waals surface area contributed by atoms with Crippen LogP contribution in [-0.4, -0.2) is 4.57 Å². The smallest absolute Gasteiger partial charge is 0.0641 e. The lowest BCUT2D eigenvalue weighted by atomic mass is 9.94. The molecule has 42 heavy (non-hydrogen) atoms. The molecule has 0 aliphatic heterocycles. The average molecular weight is 550 g/mol. The van der Waals surface area contributed by atoms with Gasteiger partial charge in [0, 0.05) is 47.1 Å². The molecule has 2 heterocycles. The summed E-state index contributed by atoms with van der Waals surface area (Å²) in [6.45, 7) is 0. The minimum Gasteiger partial charge on any atom is -0.308 e. The highest BCUT2D eigenvalue weighted by molar-refractivity contribution is 7.28. The van der Waals surface area contributed by atoms with E-state index in [2.05, 4.69) is 144 Å². The van der Waals surface area contributed by atoms with Gasteiger partial charge < -0.3 is 4.57 Å². The van der Waals surface area contributed by atoms with Crippen molar-refractivity contribution in [2.24, 2.45) is 0 Å². The minimum atomic E-state index is 1.22. The molecule has 0 bridgehead atoms. The van der Waals surface area contributed by atoms with Crippen LogP contribution >= 0.6 is 11.3 Å². The molecule has 0 saturated heterocycles. The van der Waals surface area contributed by atoms with Crippen molar-refractivity contribution in [3.05, 3.63) is 140 Å². The van der Waals surface area contributed by atoms with Gasteiger partial charge in [-0.1, -0.05) is 127 Å². The second kappa shape index (κ2) is 8.19. The average Bonchev–Trinajstić information content (AvgIpc) is 3.62. The van der Waals surface area contributed by atoms with E-state index in [0.717, 1.165) is 0 Å². The first-order valence-corrected chi connectivity index (χ1v) is 15.3. The van der Waals surface area contributed by atoms with Gasteiger partial charge in [-0.2, -0.15) is 0 Å². The van der Waals surface area contributed by atoms with Crippen molar-refractivity contribution in [2.75, 3.05) is 0 Å². The van der Waals surface area contributed by atoms with Gasteiger partial charge in [0.2, 0.25) is 0 Å². The first kappa shape index (κ1) is 22.5. The van der Waals surface area contributed by atoms with Crippen molar-refractivity contribution in [3.8, 4) is 5.69 Å². The predicted molar refractivity (Wildman–Crippen MR) is 184 cm³/mol. The fourth-order valence-electron chi connectivity index (χ4n) is 7.45. The second-order valence-electron chi connectivity index (χ2n) is 11.2. The molecular formula is C40H23NS. The van der Waals surface area contributed by atoms with Crippen molar-refractivity contribution in [1.82, 2.24) is 4.57 Å². The van der Waals surface area contributed by atoms with Crippen molar-refractivity contribution in [2.45, 2.75) is 0 Å². The third-order valence-corrected chi connectivity index (χ3v) is 10.4. The molecule has 2 heteroatoms. The molecule has 0 unspecified atom stereocenters. The molecular weight excluding hydrogens is 527 g/mol. The Morgan fingerprint density at radius 3 is 1.62 bits per heavy atom. The van der Waals surface area contributed by atoms with E-state index in [1.165, 1.54) is 90.8 Å². The van der Waals surface area contributed by atoms with Gasteiger partial charge in [-0.3, -0.25) is 0 Å². The minimum absolute atomic E-state index is 1.22. The number of aromatic nitrogens is 1. The molecule has 0 saturated carbocycles. The van der Waals surface area contributed by atoms with E-state index >= 15 is 0 Å². The summed E-state index contributed by atoms with van der Waals surface area (Å²) < 4.78 is 5.28. The SMILES string of the molecule is c1ccc2c(-n3c4ccccc4c4c5ccccc5c5sc6c7ccccc7c7ccccc7c6c5c43)cccc2c1. The number of hydrogen-bond acceptors (Lipinski definition) is 1. The van der Waals surface area contributed by atoms with Crippen LogP contribution in [0.15, 0.2) is 140 Å². The highest BCUT2D eigenvalue weighted by Gasteiger charge is 2.24. The normalized spacial score (nSPS) is 12.3. The van der Waals surface area contributed by atoms with Crippen LogP contribution < -0.4 is 0 Å². The van der Waals surface area contributed by atoms with E-state index in [4.69, 9.17) is 0 Å². The number of benzene rings is 8. The number of fused-ring (bicyclic) bond motifs is 16. The monoisotopic (exact) mass is 549 g/mol. The van der Waals surface area contributed by atoms with Crippen molar-refractivity contribution in [3.63, 3.8) is 0 Å². The summed E-state index contributed by atoms with van der Waals surface area (Å²) >= 11 is 1.95. The van der Waals surface area contributed by atoms with Crippen LogP contribution in [0.3, 0.4) is 0 Å². The third-order valence-electron chi connectivity index (χ3n) is 9.13. The zero-order chi connectivity index (χ0) is 27.4. The highest BCUT2D eigenvalue weighted by Crippen LogP contribution is 2.51. The largest absolute Gasteiger partial charge is 0.308 e. The Balaban J connectivity index is 1.60. The Morgan fingerprint density at radius 2 is 0.857 bits per heavy atom. The summed E-state index contributed by atoms with van der Waals surface area (Å²) in [6.07, 6.45) is 0. The lowest BCUT2D eigenvalue weighted by molar-refractivity contribution is 1.21. The lowest BCUT2D eigenvalue weighted by Crippen LogP contribution is -1.96. The van der Waals surface area contributed by atoms with Crippen LogP contribution in [0.1, 0.15) is 0 Å². The van der Waals surface area contributed by atoms with E-state index in [0.29, 0.717) is 0 Å². The van der Waals surface area contributed by atoms with Gasteiger partial charge in [0.05, 0.1) is 16.7 Å². The molecule has 2 aromatic heterocycles. The molecule has 10 rings (SSSR count). The first-order valence-electron chi connectivity index (χ1n) is 14.5. The van der Waals surface area contributed by atoms with Crippen LogP contribution in [0.4, 0.5) is 0 Å². The van der Waals surface area contributed by atoms with E-state index in [1.807, 2.05) is 11.3 Å². The Labute approximate surface area is 245 Å². The van der Waals surface area contributed by atoms with Crippen molar-refractivity contribution in [1.29, 1.82) is 0 Å². The molecule has 0 amide bonds. The molecule has 0 atom stereocenters.